The maximum atomic E-state index is 6.22. The fourth-order valence-corrected chi connectivity index (χ4v) is 3.90. The molecular weight excluding hydrogens is 254 g/mol. The summed E-state index contributed by atoms with van der Waals surface area (Å²) in [5.41, 5.74) is 6.36. The second kappa shape index (κ2) is 7.71. The van der Waals surface area contributed by atoms with Gasteiger partial charge in [0.2, 0.25) is 0 Å². The highest BCUT2D eigenvalue weighted by Crippen LogP contribution is 2.36. The third kappa shape index (κ3) is 3.52. The molecular formula is C15H31N3O2. The quantitative estimate of drug-likeness (QED) is 0.705. The van der Waals surface area contributed by atoms with Crippen molar-refractivity contribution in [2.45, 2.75) is 37.3 Å². The first-order chi connectivity index (χ1) is 9.75. The van der Waals surface area contributed by atoms with Crippen molar-refractivity contribution in [3.8, 4) is 0 Å². The van der Waals surface area contributed by atoms with Gasteiger partial charge in [-0.25, -0.2) is 0 Å². The highest BCUT2D eigenvalue weighted by molar-refractivity contribution is 5.01. The van der Waals surface area contributed by atoms with E-state index in [9.17, 15) is 0 Å². The molecule has 0 aliphatic carbocycles. The first-order valence-electron chi connectivity index (χ1n) is 7.93. The monoisotopic (exact) mass is 285 g/mol. The van der Waals surface area contributed by atoms with Crippen LogP contribution in [0.3, 0.4) is 0 Å². The van der Waals surface area contributed by atoms with E-state index in [1.165, 1.54) is 38.8 Å². The van der Waals surface area contributed by atoms with Gasteiger partial charge in [-0.3, -0.25) is 4.90 Å². The van der Waals surface area contributed by atoms with E-state index in [4.69, 9.17) is 15.2 Å². The molecule has 2 aliphatic rings. The van der Waals surface area contributed by atoms with Crippen LogP contribution in [0.1, 0.15) is 25.7 Å². The number of methoxy groups -OCH3 is 2. The minimum atomic E-state index is 0.141. The molecule has 2 saturated heterocycles. The Labute approximate surface area is 123 Å². The van der Waals surface area contributed by atoms with E-state index in [0.29, 0.717) is 0 Å². The molecule has 118 valence electrons. The lowest BCUT2D eigenvalue weighted by Gasteiger charge is -2.50. The second-order valence-electron chi connectivity index (χ2n) is 6.19. The van der Waals surface area contributed by atoms with Gasteiger partial charge < -0.3 is 20.1 Å². The van der Waals surface area contributed by atoms with E-state index in [1.807, 2.05) is 0 Å². The molecule has 5 heteroatoms. The van der Waals surface area contributed by atoms with Gasteiger partial charge in [0.15, 0.2) is 0 Å². The molecule has 2 N–H and O–H groups in total. The van der Waals surface area contributed by atoms with Crippen molar-refractivity contribution in [3.63, 3.8) is 0 Å². The van der Waals surface area contributed by atoms with Gasteiger partial charge in [0, 0.05) is 52.0 Å². The van der Waals surface area contributed by atoms with Gasteiger partial charge in [0.1, 0.15) is 0 Å². The van der Waals surface area contributed by atoms with Crippen LogP contribution in [0.15, 0.2) is 0 Å². The summed E-state index contributed by atoms with van der Waals surface area (Å²) in [6.45, 7) is 6.64. The lowest BCUT2D eigenvalue weighted by Crippen LogP contribution is -2.62. The average molecular weight is 285 g/mol. The standard InChI is InChI=1S/C15H31N3O2/c1-19-10-8-18(9-11-20-2)15(13-16)5-7-17-6-3-4-14(17)12-15/h14H,3-13,16H2,1-2H3. The van der Waals surface area contributed by atoms with Crippen LogP contribution in [0, 0.1) is 0 Å². The van der Waals surface area contributed by atoms with Crippen LogP contribution in [0.4, 0.5) is 0 Å². The number of nitrogens with zero attached hydrogens (tertiary/aromatic N) is 2. The topological polar surface area (TPSA) is 51.0 Å². The Morgan fingerprint density at radius 3 is 2.50 bits per heavy atom. The number of fused-ring (bicyclic) bond motifs is 1. The molecule has 20 heavy (non-hydrogen) atoms. The smallest absolute Gasteiger partial charge is 0.0589 e. The predicted octanol–water partition coefficient (Wildman–Crippen LogP) is 0.537. The Morgan fingerprint density at radius 2 is 1.90 bits per heavy atom. The first kappa shape index (κ1) is 16.2. The molecule has 0 spiro atoms. The molecule has 2 atom stereocenters. The van der Waals surface area contributed by atoms with Gasteiger partial charge in [0.05, 0.1) is 13.2 Å². The highest BCUT2D eigenvalue weighted by Gasteiger charge is 2.43. The number of nitrogens with two attached hydrogens (primary N) is 1. The van der Waals surface area contributed by atoms with Crippen LogP contribution >= 0.6 is 0 Å². The van der Waals surface area contributed by atoms with Gasteiger partial charge in [-0.15, -0.1) is 0 Å². The van der Waals surface area contributed by atoms with E-state index in [0.717, 1.165) is 38.9 Å². The maximum Gasteiger partial charge on any atom is 0.0589 e. The van der Waals surface area contributed by atoms with E-state index in [-0.39, 0.29) is 5.54 Å². The lowest BCUT2D eigenvalue weighted by molar-refractivity contribution is -0.0143. The maximum absolute atomic E-state index is 6.22. The van der Waals surface area contributed by atoms with E-state index in [2.05, 4.69) is 9.80 Å². The Kier molecular flexibility index (Phi) is 6.23. The number of ether oxygens (including phenoxy) is 2. The molecule has 2 aliphatic heterocycles. The van der Waals surface area contributed by atoms with E-state index < -0.39 is 0 Å². The third-order valence-corrected chi connectivity index (χ3v) is 5.16. The summed E-state index contributed by atoms with van der Waals surface area (Å²) in [6, 6.07) is 0.736. The molecule has 2 fully saturated rings. The SMILES string of the molecule is COCCN(CCOC)C1(CN)CCN2CCCC2C1. The lowest BCUT2D eigenvalue weighted by atomic mass is 9.81. The van der Waals surface area contributed by atoms with Crippen molar-refractivity contribution in [1.82, 2.24) is 9.80 Å². The predicted molar refractivity (Wildman–Crippen MR) is 80.9 cm³/mol. The van der Waals surface area contributed by atoms with Crippen molar-refractivity contribution in [2.75, 3.05) is 60.2 Å². The Hall–Kier alpha value is -0.200. The number of piperidine rings is 1. The summed E-state index contributed by atoms with van der Waals surface area (Å²) in [5, 5.41) is 0. The number of hydrogen-bond acceptors (Lipinski definition) is 5. The van der Waals surface area contributed by atoms with Crippen molar-refractivity contribution >= 4 is 0 Å². The van der Waals surface area contributed by atoms with Crippen molar-refractivity contribution in [1.29, 1.82) is 0 Å². The summed E-state index contributed by atoms with van der Waals surface area (Å²) in [5.74, 6) is 0. The number of hydrogen-bond donors (Lipinski definition) is 1. The molecule has 0 aromatic heterocycles. The molecule has 0 amide bonds. The Morgan fingerprint density at radius 1 is 1.20 bits per heavy atom. The van der Waals surface area contributed by atoms with Gasteiger partial charge in [0.25, 0.3) is 0 Å². The molecule has 2 unspecified atom stereocenters. The second-order valence-corrected chi connectivity index (χ2v) is 6.19. The molecule has 0 aromatic carbocycles. The van der Waals surface area contributed by atoms with Crippen molar-refractivity contribution < 1.29 is 9.47 Å². The van der Waals surface area contributed by atoms with Crippen LogP contribution < -0.4 is 5.73 Å². The minimum absolute atomic E-state index is 0.141. The molecule has 0 saturated carbocycles. The van der Waals surface area contributed by atoms with Gasteiger partial charge >= 0.3 is 0 Å². The zero-order chi connectivity index (χ0) is 14.4. The van der Waals surface area contributed by atoms with Crippen LogP contribution in [0.5, 0.6) is 0 Å². The minimum Gasteiger partial charge on any atom is -0.383 e. The summed E-state index contributed by atoms with van der Waals surface area (Å²) in [7, 11) is 3.53. The van der Waals surface area contributed by atoms with Crippen LogP contribution in [0.25, 0.3) is 0 Å². The normalized spacial score (nSPS) is 30.9. The van der Waals surface area contributed by atoms with Crippen molar-refractivity contribution in [2.24, 2.45) is 5.73 Å². The van der Waals surface area contributed by atoms with Crippen LogP contribution in [0.2, 0.25) is 0 Å². The summed E-state index contributed by atoms with van der Waals surface area (Å²) >= 11 is 0. The fourth-order valence-electron chi connectivity index (χ4n) is 3.90. The van der Waals surface area contributed by atoms with Gasteiger partial charge in [-0.05, 0) is 32.2 Å². The molecule has 2 rings (SSSR count). The van der Waals surface area contributed by atoms with Gasteiger partial charge in [-0.1, -0.05) is 0 Å². The highest BCUT2D eigenvalue weighted by atomic mass is 16.5. The molecule has 2 heterocycles. The van der Waals surface area contributed by atoms with Crippen LogP contribution in [-0.2, 0) is 9.47 Å². The largest absolute Gasteiger partial charge is 0.383 e. The zero-order valence-corrected chi connectivity index (χ0v) is 13.1. The molecule has 0 bridgehead atoms. The Balaban J connectivity index is 2.04. The van der Waals surface area contributed by atoms with E-state index in [1.54, 1.807) is 14.2 Å². The van der Waals surface area contributed by atoms with Crippen molar-refractivity contribution in [3.05, 3.63) is 0 Å². The summed E-state index contributed by atoms with van der Waals surface area (Å²) in [4.78, 5) is 5.17. The first-order valence-corrected chi connectivity index (χ1v) is 7.93. The van der Waals surface area contributed by atoms with E-state index >= 15 is 0 Å². The average Bonchev–Trinajstić information content (AvgIpc) is 2.94. The molecule has 5 nitrogen and oxygen atoms in total. The third-order valence-electron chi connectivity index (χ3n) is 5.16. The fraction of sp³-hybridized carbons (Fsp3) is 1.00. The Bertz CT molecular complexity index is 282. The van der Waals surface area contributed by atoms with Gasteiger partial charge in [-0.2, -0.15) is 0 Å². The van der Waals surface area contributed by atoms with Crippen LogP contribution in [-0.4, -0.2) is 81.5 Å². The zero-order valence-electron chi connectivity index (χ0n) is 13.1. The number of rotatable bonds is 8. The molecule has 0 radical (unpaired) electrons. The molecule has 0 aromatic rings. The summed E-state index contributed by atoms with van der Waals surface area (Å²) in [6.07, 6.45) is 5.07. The summed E-state index contributed by atoms with van der Waals surface area (Å²) < 4.78 is 10.6.